The number of nitrogens with zero attached hydrogens (tertiary/aromatic N) is 2. The van der Waals surface area contributed by atoms with Crippen molar-refractivity contribution in [1.29, 1.82) is 0 Å². The van der Waals surface area contributed by atoms with Crippen LogP contribution in [0, 0.1) is 9.49 Å². The molecule has 0 saturated carbocycles. The van der Waals surface area contributed by atoms with E-state index in [4.69, 9.17) is 0 Å². The van der Waals surface area contributed by atoms with Gasteiger partial charge in [-0.05, 0) is 48.6 Å². The summed E-state index contributed by atoms with van der Waals surface area (Å²) in [5.41, 5.74) is -0.571. The summed E-state index contributed by atoms with van der Waals surface area (Å²) >= 11 is 2.28. The van der Waals surface area contributed by atoms with Crippen LogP contribution in [0.2, 0.25) is 0 Å². The Morgan fingerprint density at radius 1 is 1.53 bits per heavy atom. The molecule has 82 valence electrons. The molecule has 1 fully saturated rings. The van der Waals surface area contributed by atoms with Crippen LogP contribution in [0.4, 0.5) is 5.82 Å². The average Bonchev–Trinajstić information content (AvgIpc) is 1.97. The fourth-order valence-corrected chi connectivity index (χ4v) is 2.12. The summed E-state index contributed by atoms with van der Waals surface area (Å²) in [6, 6.07) is 4.05. The number of halogens is 1. The van der Waals surface area contributed by atoms with E-state index in [-0.39, 0.29) is 0 Å². The van der Waals surface area contributed by atoms with E-state index in [1.165, 1.54) is 3.57 Å². The molecule has 3 nitrogen and oxygen atoms in total. The molecule has 0 amide bonds. The number of hydrogen-bond donors (Lipinski definition) is 1. The molecule has 1 aromatic heterocycles. The van der Waals surface area contributed by atoms with Gasteiger partial charge >= 0.3 is 0 Å². The molecular weight excluding hydrogens is 303 g/mol. The molecule has 0 spiro atoms. The molecule has 1 aliphatic rings. The first-order valence-corrected chi connectivity index (χ1v) is 6.13. The van der Waals surface area contributed by atoms with Crippen molar-refractivity contribution in [3.63, 3.8) is 0 Å². The first-order chi connectivity index (χ1) is 6.97. The van der Waals surface area contributed by atoms with E-state index in [9.17, 15) is 5.11 Å². The highest BCUT2D eigenvalue weighted by molar-refractivity contribution is 14.1. The Labute approximate surface area is 104 Å². The number of aromatic nitrogens is 1. The molecule has 1 saturated heterocycles. The second kappa shape index (κ2) is 3.90. The van der Waals surface area contributed by atoms with Gasteiger partial charge in [0.15, 0.2) is 0 Å². The maximum Gasteiger partial charge on any atom is 0.129 e. The van der Waals surface area contributed by atoms with Gasteiger partial charge in [-0.15, -0.1) is 0 Å². The van der Waals surface area contributed by atoms with Gasteiger partial charge in [-0.25, -0.2) is 4.98 Å². The van der Waals surface area contributed by atoms with Crippen molar-refractivity contribution in [2.45, 2.75) is 19.4 Å². The lowest BCUT2D eigenvalue weighted by molar-refractivity contribution is 0.00438. The average molecular weight is 318 g/mol. The molecule has 0 aliphatic carbocycles. The maximum absolute atomic E-state index is 9.81. The summed E-state index contributed by atoms with van der Waals surface area (Å²) in [6.07, 6.45) is 1.83. The molecule has 0 unspecified atom stereocenters. The van der Waals surface area contributed by atoms with E-state index in [1.807, 2.05) is 26.1 Å². The molecular formula is C11H15IN2O. The monoisotopic (exact) mass is 318 g/mol. The van der Waals surface area contributed by atoms with Gasteiger partial charge < -0.3 is 10.0 Å². The fraction of sp³-hybridized carbons (Fsp3) is 0.545. The van der Waals surface area contributed by atoms with E-state index in [1.54, 1.807) is 0 Å². The van der Waals surface area contributed by atoms with Crippen molar-refractivity contribution >= 4 is 28.4 Å². The van der Waals surface area contributed by atoms with E-state index in [2.05, 4.69) is 38.5 Å². The molecule has 2 rings (SSSR count). The van der Waals surface area contributed by atoms with Crippen LogP contribution in [0.5, 0.6) is 0 Å². The van der Waals surface area contributed by atoms with Crippen molar-refractivity contribution in [2.24, 2.45) is 5.92 Å². The van der Waals surface area contributed by atoms with Gasteiger partial charge in [0.1, 0.15) is 5.82 Å². The summed E-state index contributed by atoms with van der Waals surface area (Å²) in [6.45, 7) is 5.54. The molecule has 0 radical (unpaired) electrons. The van der Waals surface area contributed by atoms with Crippen LogP contribution in [-0.2, 0) is 0 Å². The van der Waals surface area contributed by atoms with E-state index < -0.39 is 5.60 Å². The normalized spacial score (nSPS) is 17.7. The first kappa shape index (κ1) is 11.1. The predicted octanol–water partition coefficient (Wildman–Crippen LogP) is 1.89. The summed E-state index contributed by atoms with van der Waals surface area (Å²) in [5, 5.41) is 9.81. The molecule has 4 heteroatoms. The van der Waals surface area contributed by atoms with Crippen molar-refractivity contribution in [1.82, 2.24) is 4.98 Å². The Balaban J connectivity index is 2.00. The maximum atomic E-state index is 9.81. The van der Waals surface area contributed by atoms with Crippen LogP contribution in [0.25, 0.3) is 0 Å². The van der Waals surface area contributed by atoms with Crippen LogP contribution in [0.3, 0.4) is 0 Å². The standard InChI is InChI=1S/C11H15IN2O/c1-11(2,15)8-6-14(7-8)10-5-9(12)3-4-13-10/h3-5,8,15H,6-7H2,1-2H3. The zero-order valence-electron chi connectivity index (χ0n) is 8.94. The molecule has 1 N–H and O–H groups in total. The van der Waals surface area contributed by atoms with Crippen molar-refractivity contribution in [3.8, 4) is 0 Å². The summed E-state index contributed by atoms with van der Waals surface area (Å²) in [7, 11) is 0. The van der Waals surface area contributed by atoms with E-state index >= 15 is 0 Å². The Bertz CT molecular complexity index is 356. The van der Waals surface area contributed by atoms with Crippen LogP contribution in [0.15, 0.2) is 18.3 Å². The molecule has 0 bridgehead atoms. The minimum absolute atomic E-state index is 0.358. The van der Waals surface area contributed by atoms with Gasteiger partial charge in [0.05, 0.1) is 5.60 Å². The molecule has 1 aliphatic heterocycles. The number of hydrogen-bond acceptors (Lipinski definition) is 3. The highest BCUT2D eigenvalue weighted by atomic mass is 127. The molecule has 0 aromatic carbocycles. The quantitative estimate of drug-likeness (QED) is 0.846. The first-order valence-electron chi connectivity index (χ1n) is 5.05. The highest BCUT2D eigenvalue weighted by Crippen LogP contribution is 2.30. The van der Waals surface area contributed by atoms with Gasteiger partial charge in [0, 0.05) is 28.8 Å². The zero-order chi connectivity index (χ0) is 11.1. The summed E-state index contributed by atoms with van der Waals surface area (Å²) < 4.78 is 1.20. The second-order valence-corrected chi connectivity index (χ2v) is 5.83. The van der Waals surface area contributed by atoms with E-state index in [0.29, 0.717) is 5.92 Å². The lowest BCUT2D eigenvalue weighted by Gasteiger charge is -2.45. The number of rotatable bonds is 2. The summed E-state index contributed by atoms with van der Waals surface area (Å²) in [5.74, 6) is 1.37. The second-order valence-electron chi connectivity index (χ2n) is 4.59. The van der Waals surface area contributed by atoms with Crippen molar-refractivity contribution in [3.05, 3.63) is 21.9 Å². The molecule has 2 heterocycles. The van der Waals surface area contributed by atoms with Crippen LogP contribution >= 0.6 is 22.6 Å². The van der Waals surface area contributed by atoms with Crippen LogP contribution in [0.1, 0.15) is 13.8 Å². The Morgan fingerprint density at radius 2 is 2.20 bits per heavy atom. The smallest absolute Gasteiger partial charge is 0.129 e. The van der Waals surface area contributed by atoms with Crippen molar-refractivity contribution < 1.29 is 5.11 Å². The minimum atomic E-state index is -0.571. The molecule has 0 atom stereocenters. The number of aliphatic hydroxyl groups is 1. The van der Waals surface area contributed by atoms with Crippen LogP contribution < -0.4 is 4.90 Å². The summed E-state index contributed by atoms with van der Waals surface area (Å²) in [4.78, 5) is 6.52. The highest BCUT2D eigenvalue weighted by Gasteiger charge is 2.37. The topological polar surface area (TPSA) is 36.4 Å². The van der Waals surface area contributed by atoms with Gasteiger partial charge in [0.2, 0.25) is 0 Å². The van der Waals surface area contributed by atoms with Gasteiger partial charge in [-0.2, -0.15) is 0 Å². The largest absolute Gasteiger partial charge is 0.390 e. The zero-order valence-corrected chi connectivity index (χ0v) is 11.1. The molecule has 15 heavy (non-hydrogen) atoms. The number of pyridine rings is 1. The Kier molecular flexibility index (Phi) is 2.89. The third kappa shape index (κ3) is 2.42. The lowest BCUT2D eigenvalue weighted by atomic mass is 9.84. The van der Waals surface area contributed by atoms with Crippen molar-refractivity contribution in [2.75, 3.05) is 18.0 Å². The fourth-order valence-electron chi connectivity index (χ4n) is 1.68. The van der Waals surface area contributed by atoms with E-state index in [0.717, 1.165) is 18.9 Å². The van der Waals surface area contributed by atoms with Crippen LogP contribution in [-0.4, -0.2) is 28.8 Å². The Hall–Kier alpha value is -0.360. The Morgan fingerprint density at radius 3 is 2.73 bits per heavy atom. The minimum Gasteiger partial charge on any atom is -0.390 e. The van der Waals surface area contributed by atoms with Gasteiger partial charge in [-0.1, -0.05) is 0 Å². The third-order valence-corrected chi connectivity index (χ3v) is 3.58. The predicted molar refractivity (Wildman–Crippen MR) is 69.0 cm³/mol. The lowest BCUT2D eigenvalue weighted by Crippen LogP contribution is -2.56. The SMILES string of the molecule is CC(C)(O)C1CN(c2cc(I)ccn2)C1. The van der Waals surface area contributed by atoms with Gasteiger partial charge in [0.25, 0.3) is 0 Å². The number of anilines is 1. The third-order valence-electron chi connectivity index (χ3n) is 2.91. The molecule has 1 aromatic rings. The van der Waals surface area contributed by atoms with Gasteiger partial charge in [-0.3, -0.25) is 0 Å².